The number of nitrogens with zero attached hydrogens (tertiary/aromatic N) is 2. The molecule has 0 saturated carbocycles. The lowest BCUT2D eigenvalue weighted by atomic mass is 10.1. The van der Waals surface area contributed by atoms with Crippen molar-refractivity contribution >= 4 is 11.2 Å². The Hall–Kier alpha value is -2.36. The van der Waals surface area contributed by atoms with Gasteiger partial charge in [-0.3, -0.25) is 0 Å². The molecule has 4 nitrogen and oxygen atoms in total. The normalized spacial score (nSPS) is 10.9. The van der Waals surface area contributed by atoms with Gasteiger partial charge in [-0.1, -0.05) is 0 Å². The molecule has 0 unspecified atom stereocenters. The van der Waals surface area contributed by atoms with Gasteiger partial charge >= 0.3 is 0 Å². The fourth-order valence-corrected chi connectivity index (χ4v) is 1.89. The van der Waals surface area contributed by atoms with Crippen molar-refractivity contribution in [3.05, 3.63) is 42.1 Å². The molecular formula is C13H11N3O. The van der Waals surface area contributed by atoms with Gasteiger partial charge in [-0.25, -0.2) is 9.97 Å². The van der Waals surface area contributed by atoms with Crippen molar-refractivity contribution in [3.63, 3.8) is 0 Å². The van der Waals surface area contributed by atoms with E-state index in [0.717, 1.165) is 22.5 Å². The Balaban J connectivity index is 2.20. The lowest BCUT2D eigenvalue weighted by Crippen LogP contribution is -1.84. The maximum atomic E-state index is 9.38. The number of aryl methyl sites for hydroxylation is 1. The average molecular weight is 225 g/mol. The van der Waals surface area contributed by atoms with Gasteiger partial charge in [-0.05, 0) is 42.8 Å². The smallest absolute Gasteiger partial charge is 0.178 e. The standard InChI is InChI=1S/C13H11N3O/c1-8-7-9(17)4-5-10(8)12-15-11-3-2-6-14-13(11)16-12/h2-7,17H,1H3,(H,14,15,16). The number of aromatic nitrogens is 3. The van der Waals surface area contributed by atoms with Crippen LogP contribution in [-0.2, 0) is 0 Å². The highest BCUT2D eigenvalue weighted by atomic mass is 16.3. The first kappa shape index (κ1) is 9.84. The maximum absolute atomic E-state index is 9.38. The number of aromatic amines is 1. The first-order chi connectivity index (χ1) is 8.24. The van der Waals surface area contributed by atoms with Crippen molar-refractivity contribution in [1.29, 1.82) is 0 Å². The molecule has 0 aliphatic heterocycles. The predicted octanol–water partition coefficient (Wildman–Crippen LogP) is 2.64. The topological polar surface area (TPSA) is 61.8 Å². The van der Waals surface area contributed by atoms with Crippen molar-refractivity contribution in [2.45, 2.75) is 6.92 Å². The molecule has 0 aliphatic rings. The highest BCUT2D eigenvalue weighted by molar-refractivity contribution is 5.76. The van der Waals surface area contributed by atoms with Crippen molar-refractivity contribution in [2.24, 2.45) is 0 Å². The van der Waals surface area contributed by atoms with E-state index in [2.05, 4.69) is 15.0 Å². The lowest BCUT2D eigenvalue weighted by molar-refractivity contribution is 0.475. The molecule has 2 N–H and O–H groups in total. The zero-order chi connectivity index (χ0) is 11.8. The number of nitrogens with one attached hydrogen (secondary N) is 1. The highest BCUT2D eigenvalue weighted by Crippen LogP contribution is 2.25. The van der Waals surface area contributed by atoms with E-state index in [1.165, 1.54) is 0 Å². The molecule has 0 atom stereocenters. The number of phenols is 1. The van der Waals surface area contributed by atoms with Crippen LogP contribution in [0.25, 0.3) is 22.6 Å². The SMILES string of the molecule is Cc1cc(O)ccc1-c1nc2ncccc2[nH]1. The van der Waals surface area contributed by atoms with E-state index in [0.29, 0.717) is 5.65 Å². The highest BCUT2D eigenvalue weighted by Gasteiger charge is 2.08. The summed E-state index contributed by atoms with van der Waals surface area (Å²) in [6.07, 6.45) is 1.72. The molecule has 0 radical (unpaired) electrons. The molecule has 0 amide bonds. The molecule has 4 heteroatoms. The number of benzene rings is 1. The van der Waals surface area contributed by atoms with E-state index in [1.807, 2.05) is 25.1 Å². The fourth-order valence-electron chi connectivity index (χ4n) is 1.89. The third-order valence-electron chi connectivity index (χ3n) is 2.72. The van der Waals surface area contributed by atoms with E-state index in [9.17, 15) is 5.11 Å². The molecule has 0 spiro atoms. The first-order valence-electron chi connectivity index (χ1n) is 5.35. The quantitative estimate of drug-likeness (QED) is 0.669. The molecule has 3 aromatic rings. The average Bonchev–Trinajstić information content (AvgIpc) is 2.72. The van der Waals surface area contributed by atoms with E-state index in [4.69, 9.17) is 0 Å². The van der Waals surface area contributed by atoms with Crippen molar-refractivity contribution in [1.82, 2.24) is 15.0 Å². The Morgan fingerprint density at radius 1 is 1.24 bits per heavy atom. The van der Waals surface area contributed by atoms with Crippen LogP contribution < -0.4 is 0 Å². The van der Waals surface area contributed by atoms with Crippen molar-refractivity contribution in [3.8, 4) is 17.1 Å². The van der Waals surface area contributed by atoms with Gasteiger partial charge in [-0.15, -0.1) is 0 Å². The predicted molar refractivity (Wildman–Crippen MR) is 65.7 cm³/mol. The molecule has 0 bridgehead atoms. The minimum atomic E-state index is 0.264. The van der Waals surface area contributed by atoms with E-state index >= 15 is 0 Å². The lowest BCUT2D eigenvalue weighted by Gasteiger charge is -2.02. The Morgan fingerprint density at radius 2 is 2.12 bits per heavy atom. The van der Waals surface area contributed by atoms with Gasteiger partial charge in [0.25, 0.3) is 0 Å². The number of phenolic OH excluding ortho intramolecular Hbond substituents is 1. The second kappa shape index (κ2) is 3.59. The molecule has 84 valence electrons. The summed E-state index contributed by atoms with van der Waals surface area (Å²) in [6.45, 7) is 1.94. The van der Waals surface area contributed by atoms with Crippen LogP contribution in [0.5, 0.6) is 5.75 Å². The number of rotatable bonds is 1. The molecular weight excluding hydrogens is 214 g/mol. The van der Waals surface area contributed by atoms with Crippen LogP contribution in [-0.4, -0.2) is 20.1 Å². The Kier molecular flexibility index (Phi) is 2.08. The second-order valence-electron chi connectivity index (χ2n) is 3.96. The van der Waals surface area contributed by atoms with Crippen LogP contribution >= 0.6 is 0 Å². The van der Waals surface area contributed by atoms with Gasteiger partial charge in [0.2, 0.25) is 0 Å². The Bertz CT molecular complexity index is 655. The largest absolute Gasteiger partial charge is 0.508 e. The zero-order valence-corrected chi connectivity index (χ0v) is 9.31. The molecule has 1 aromatic carbocycles. The molecule has 0 fully saturated rings. The van der Waals surface area contributed by atoms with Crippen LogP contribution in [0.15, 0.2) is 36.5 Å². The van der Waals surface area contributed by atoms with Crippen molar-refractivity contribution in [2.75, 3.05) is 0 Å². The molecule has 2 aromatic heterocycles. The number of hydrogen-bond donors (Lipinski definition) is 2. The van der Waals surface area contributed by atoms with Gasteiger partial charge in [-0.2, -0.15) is 0 Å². The van der Waals surface area contributed by atoms with Gasteiger partial charge in [0, 0.05) is 11.8 Å². The molecule has 17 heavy (non-hydrogen) atoms. The number of aromatic hydroxyl groups is 1. The first-order valence-corrected chi connectivity index (χ1v) is 5.35. The molecule has 0 saturated heterocycles. The molecule has 3 rings (SSSR count). The van der Waals surface area contributed by atoms with Gasteiger partial charge < -0.3 is 10.1 Å². The van der Waals surface area contributed by atoms with Crippen LogP contribution in [0.2, 0.25) is 0 Å². The number of hydrogen-bond acceptors (Lipinski definition) is 3. The number of pyridine rings is 1. The maximum Gasteiger partial charge on any atom is 0.178 e. The summed E-state index contributed by atoms with van der Waals surface area (Å²) in [5.41, 5.74) is 3.56. The van der Waals surface area contributed by atoms with E-state index in [1.54, 1.807) is 18.3 Å². The summed E-state index contributed by atoms with van der Waals surface area (Å²) in [7, 11) is 0. The van der Waals surface area contributed by atoms with Crippen molar-refractivity contribution < 1.29 is 5.11 Å². The van der Waals surface area contributed by atoms with Crippen LogP contribution in [0.3, 0.4) is 0 Å². The molecule has 2 heterocycles. The summed E-state index contributed by atoms with van der Waals surface area (Å²) in [5.74, 6) is 1.04. The van der Waals surface area contributed by atoms with Crippen LogP contribution in [0.1, 0.15) is 5.56 Å². The summed E-state index contributed by atoms with van der Waals surface area (Å²) in [6, 6.07) is 9.03. The summed E-state index contributed by atoms with van der Waals surface area (Å²) >= 11 is 0. The number of fused-ring (bicyclic) bond motifs is 1. The zero-order valence-electron chi connectivity index (χ0n) is 9.31. The number of H-pyrrole nitrogens is 1. The summed E-state index contributed by atoms with van der Waals surface area (Å²) in [5, 5.41) is 9.38. The minimum absolute atomic E-state index is 0.264. The fraction of sp³-hybridized carbons (Fsp3) is 0.0769. The van der Waals surface area contributed by atoms with E-state index in [-0.39, 0.29) is 5.75 Å². The van der Waals surface area contributed by atoms with Gasteiger partial charge in [0.05, 0.1) is 5.52 Å². The number of imidazole rings is 1. The third-order valence-corrected chi connectivity index (χ3v) is 2.72. The van der Waals surface area contributed by atoms with E-state index < -0.39 is 0 Å². The molecule has 0 aliphatic carbocycles. The van der Waals surface area contributed by atoms with Crippen LogP contribution in [0.4, 0.5) is 0 Å². The second-order valence-corrected chi connectivity index (χ2v) is 3.96. The van der Waals surface area contributed by atoms with Crippen LogP contribution in [0, 0.1) is 6.92 Å². The summed E-state index contributed by atoms with van der Waals surface area (Å²) in [4.78, 5) is 11.8. The monoisotopic (exact) mass is 225 g/mol. The Labute approximate surface area is 98.0 Å². The van der Waals surface area contributed by atoms with Gasteiger partial charge in [0.1, 0.15) is 11.6 Å². The third kappa shape index (κ3) is 1.63. The minimum Gasteiger partial charge on any atom is -0.508 e. The Morgan fingerprint density at radius 3 is 2.88 bits per heavy atom. The summed E-state index contributed by atoms with van der Waals surface area (Å²) < 4.78 is 0. The van der Waals surface area contributed by atoms with Gasteiger partial charge in [0.15, 0.2) is 5.65 Å².